The third kappa shape index (κ3) is 2.87. The number of halogens is 1. The molecule has 5 nitrogen and oxygen atoms in total. The summed E-state index contributed by atoms with van der Waals surface area (Å²) in [5.41, 5.74) is 4.97. The Balaban J connectivity index is 1.71. The molecule has 0 fully saturated rings. The summed E-state index contributed by atoms with van der Waals surface area (Å²) in [5.74, 6) is 0.639. The zero-order chi connectivity index (χ0) is 17.4. The van der Waals surface area contributed by atoms with E-state index in [2.05, 4.69) is 19.0 Å². The Hall–Kier alpha value is -2.80. The maximum atomic E-state index is 13.2. The van der Waals surface area contributed by atoms with Crippen LogP contribution in [0.1, 0.15) is 17.0 Å². The lowest BCUT2D eigenvalue weighted by atomic mass is 10.2. The third-order valence-electron chi connectivity index (χ3n) is 4.25. The Kier molecular flexibility index (Phi) is 3.93. The minimum absolute atomic E-state index is 0.252. The van der Waals surface area contributed by atoms with E-state index in [4.69, 9.17) is 0 Å². The van der Waals surface area contributed by atoms with Crippen LogP contribution in [0.4, 0.5) is 4.39 Å². The number of aryl methyl sites for hydroxylation is 1. The molecule has 1 aromatic carbocycles. The summed E-state index contributed by atoms with van der Waals surface area (Å²) in [7, 11) is 0. The van der Waals surface area contributed by atoms with E-state index in [0.717, 1.165) is 34.0 Å². The second kappa shape index (κ2) is 6.25. The molecule has 4 rings (SSSR count). The van der Waals surface area contributed by atoms with Crippen LogP contribution in [0.2, 0.25) is 0 Å². The molecule has 0 spiro atoms. The van der Waals surface area contributed by atoms with E-state index in [-0.39, 0.29) is 5.82 Å². The first-order valence-corrected chi connectivity index (χ1v) is 8.69. The minimum atomic E-state index is -0.252. The molecule has 4 aromatic rings. The SMILES string of the molecule is Cc1nn(-c2ccc(F)cc2)c(C)c1Cn1ccnc1-c1cnsc1. The number of nitrogens with zero attached hydrogens (tertiary/aromatic N) is 5. The molecule has 7 heteroatoms. The lowest BCUT2D eigenvalue weighted by molar-refractivity contribution is 0.627. The van der Waals surface area contributed by atoms with Crippen molar-refractivity contribution >= 4 is 11.5 Å². The maximum absolute atomic E-state index is 13.2. The Morgan fingerprint density at radius 2 is 1.96 bits per heavy atom. The fourth-order valence-corrected chi connectivity index (χ4v) is 3.44. The molecule has 0 unspecified atom stereocenters. The standard InChI is InChI=1S/C18H16FN5S/c1-12-17(10-23-8-7-20-18(23)14-9-21-25-11-14)13(2)24(22-12)16-5-3-15(19)4-6-16/h3-9,11H,10H2,1-2H3. The monoisotopic (exact) mass is 353 g/mol. The highest BCUT2D eigenvalue weighted by Gasteiger charge is 2.15. The Labute approximate surface area is 148 Å². The van der Waals surface area contributed by atoms with Gasteiger partial charge in [-0.2, -0.15) is 5.10 Å². The Morgan fingerprint density at radius 1 is 1.16 bits per heavy atom. The number of rotatable bonds is 4. The first-order chi connectivity index (χ1) is 12.1. The predicted octanol–water partition coefficient (Wildman–Crippen LogP) is 4.00. The summed E-state index contributed by atoms with van der Waals surface area (Å²) in [6.45, 7) is 4.69. The number of hydrogen-bond acceptors (Lipinski definition) is 4. The molecule has 0 atom stereocenters. The fourth-order valence-electron chi connectivity index (χ4n) is 2.92. The van der Waals surface area contributed by atoms with Crippen LogP contribution in [0, 0.1) is 19.7 Å². The van der Waals surface area contributed by atoms with Gasteiger partial charge < -0.3 is 4.57 Å². The van der Waals surface area contributed by atoms with Gasteiger partial charge in [-0.15, -0.1) is 0 Å². The number of aromatic nitrogens is 5. The highest BCUT2D eigenvalue weighted by Crippen LogP contribution is 2.23. The topological polar surface area (TPSA) is 48.5 Å². The smallest absolute Gasteiger partial charge is 0.142 e. The molecule has 0 radical (unpaired) electrons. The van der Waals surface area contributed by atoms with E-state index in [0.29, 0.717) is 6.54 Å². The highest BCUT2D eigenvalue weighted by atomic mass is 32.1. The van der Waals surface area contributed by atoms with E-state index in [9.17, 15) is 4.39 Å². The zero-order valence-corrected chi connectivity index (χ0v) is 14.7. The molecule has 0 aliphatic carbocycles. The van der Waals surface area contributed by atoms with Crippen LogP contribution in [-0.2, 0) is 6.54 Å². The van der Waals surface area contributed by atoms with E-state index < -0.39 is 0 Å². The molecule has 0 bridgehead atoms. The molecular weight excluding hydrogens is 337 g/mol. The summed E-state index contributed by atoms with van der Waals surface area (Å²) in [4.78, 5) is 4.45. The second-order valence-electron chi connectivity index (χ2n) is 5.83. The van der Waals surface area contributed by atoms with Crippen LogP contribution in [0.3, 0.4) is 0 Å². The van der Waals surface area contributed by atoms with Crippen molar-refractivity contribution in [2.24, 2.45) is 0 Å². The number of imidazole rings is 1. The van der Waals surface area contributed by atoms with Crippen LogP contribution in [0.5, 0.6) is 0 Å². The summed E-state index contributed by atoms with van der Waals surface area (Å²) in [6.07, 6.45) is 5.58. The first kappa shape index (κ1) is 15.7. The van der Waals surface area contributed by atoms with E-state index in [1.807, 2.05) is 36.3 Å². The van der Waals surface area contributed by atoms with Gasteiger partial charge in [0.25, 0.3) is 0 Å². The molecule has 0 N–H and O–H groups in total. The molecule has 126 valence electrons. The molecule has 3 aromatic heterocycles. The number of hydrogen-bond donors (Lipinski definition) is 0. The van der Waals surface area contributed by atoms with Gasteiger partial charge in [-0.25, -0.2) is 18.4 Å². The van der Waals surface area contributed by atoms with Gasteiger partial charge in [0.15, 0.2) is 0 Å². The Morgan fingerprint density at radius 3 is 2.68 bits per heavy atom. The van der Waals surface area contributed by atoms with Crippen LogP contribution in [0.25, 0.3) is 17.1 Å². The quantitative estimate of drug-likeness (QED) is 0.557. The maximum Gasteiger partial charge on any atom is 0.142 e. The van der Waals surface area contributed by atoms with Crippen molar-refractivity contribution < 1.29 is 4.39 Å². The van der Waals surface area contributed by atoms with Crippen molar-refractivity contribution in [3.63, 3.8) is 0 Å². The van der Waals surface area contributed by atoms with Gasteiger partial charge in [0.2, 0.25) is 0 Å². The normalized spacial score (nSPS) is 11.2. The van der Waals surface area contributed by atoms with E-state index >= 15 is 0 Å². The lowest BCUT2D eigenvalue weighted by Gasteiger charge is -2.08. The van der Waals surface area contributed by atoms with Crippen molar-refractivity contribution in [2.45, 2.75) is 20.4 Å². The summed E-state index contributed by atoms with van der Waals surface area (Å²) < 4.78 is 21.3. The molecule has 3 heterocycles. The van der Waals surface area contributed by atoms with E-state index in [1.54, 1.807) is 18.3 Å². The average Bonchev–Trinajstić information content (AvgIpc) is 3.32. The first-order valence-electron chi connectivity index (χ1n) is 7.85. The van der Waals surface area contributed by atoms with Gasteiger partial charge in [0.05, 0.1) is 24.1 Å². The van der Waals surface area contributed by atoms with E-state index in [1.165, 1.54) is 23.7 Å². The van der Waals surface area contributed by atoms with Crippen LogP contribution in [0.15, 0.2) is 48.2 Å². The molecule has 0 aliphatic heterocycles. The summed E-state index contributed by atoms with van der Waals surface area (Å²) in [6, 6.07) is 6.36. The second-order valence-corrected chi connectivity index (χ2v) is 6.49. The van der Waals surface area contributed by atoms with Gasteiger partial charge in [-0.3, -0.25) is 0 Å². The van der Waals surface area contributed by atoms with Crippen LogP contribution < -0.4 is 0 Å². The molecule has 0 saturated heterocycles. The van der Waals surface area contributed by atoms with Crippen LogP contribution >= 0.6 is 11.5 Å². The van der Waals surface area contributed by atoms with Crippen molar-refractivity contribution in [1.82, 2.24) is 23.7 Å². The van der Waals surface area contributed by atoms with Crippen LogP contribution in [-0.4, -0.2) is 23.7 Å². The summed E-state index contributed by atoms with van der Waals surface area (Å²) >= 11 is 1.41. The largest absolute Gasteiger partial charge is 0.326 e. The average molecular weight is 353 g/mol. The third-order valence-corrected chi connectivity index (χ3v) is 4.83. The zero-order valence-electron chi connectivity index (χ0n) is 13.8. The van der Waals surface area contributed by atoms with Crippen molar-refractivity contribution in [3.8, 4) is 17.1 Å². The van der Waals surface area contributed by atoms with Gasteiger partial charge in [-0.1, -0.05) is 0 Å². The fraction of sp³-hybridized carbons (Fsp3) is 0.167. The lowest BCUT2D eigenvalue weighted by Crippen LogP contribution is -2.04. The molecule has 0 amide bonds. The highest BCUT2D eigenvalue weighted by molar-refractivity contribution is 7.03. The van der Waals surface area contributed by atoms with Crippen molar-refractivity contribution in [1.29, 1.82) is 0 Å². The van der Waals surface area contributed by atoms with Gasteiger partial charge in [0, 0.05) is 34.6 Å². The Bertz CT molecular complexity index is 999. The van der Waals surface area contributed by atoms with Gasteiger partial charge >= 0.3 is 0 Å². The van der Waals surface area contributed by atoms with Crippen molar-refractivity contribution in [2.75, 3.05) is 0 Å². The minimum Gasteiger partial charge on any atom is -0.326 e. The number of benzene rings is 1. The summed E-state index contributed by atoms with van der Waals surface area (Å²) in [5, 5.41) is 6.62. The predicted molar refractivity (Wildman–Crippen MR) is 95.4 cm³/mol. The molecular formula is C18H16FN5S. The van der Waals surface area contributed by atoms with Crippen molar-refractivity contribution in [3.05, 3.63) is 71.0 Å². The molecule has 25 heavy (non-hydrogen) atoms. The molecule has 0 saturated carbocycles. The van der Waals surface area contributed by atoms with Gasteiger partial charge in [0.1, 0.15) is 11.6 Å². The van der Waals surface area contributed by atoms with Gasteiger partial charge in [-0.05, 0) is 49.6 Å². The molecule has 0 aliphatic rings.